The number of ether oxygens (including phenoxy) is 1. The van der Waals surface area contributed by atoms with Crippen LogP contribution < -0.4 is 4.74 Å². The van der Waals surface area contributed by atoms with Gasteiger partial charge in [-0.15, -0.1) is 0 Å². The van der Waals surface area contributed by atoms with Crippen molar-refractivity contribution in [2.45, 2.75) is 44.8 Å². The van der Waals surface area contributed by atoms with Gasteiger partial charge in [0, 0.05) is 11.1 Å². The molecular weight excluding hydrogens is 326 g/mol. The number of likely N-dealkylation sites (N-methyl/N-ethyl adjacent to an activating group) is 1. The van der Waals surface area contributed by atoms with Crippen molar-refractivity contribution in [3.63, 3.8) is 0 Å². The van der Waals surface area contributed by atoms with Crippen molar-refractivity contribution in [3.05, 3.63) is 59.2 Å². The molecule has 26 heavy (non-hydrogen) atoms. The van der Waals surface area contributed by atoms with E-state index in [0.717, 1.165) is 5.56 Å². The molecule has 0 aliphatic rings. The van der Waals surface area contributed by atoms with Gasteiger partial charge in [0.1, 0.15) is 17.6 Å². The molecule has 2 aromatic carbocycles. The Labute approximate surface area is 157 Å². The van der Waals surface area contributed by atoms with Gasteiger partial charge in [0.25, 0.3) is 0 Å². The van der Waals surface area contributed by atoms with Crippen LogP contribution in [0, 0.1) is 0 Å². The molecule has 2 rings (SSSR count). The highest BCUT2D eigenvalue weighted by Gasteiger charge is 2.41. The van der Waals surface area contributed by atoms with Gasteiger partial charge in [0.05, 0.1) is 12.6 Å². The van der Waals surface area contributed by atoms with Crippen LogP contribution in [0.1, 0.15) is 50.5 Å². The van der Waals surface area contributed by atoms with Crippen LogP contribution in [0.25, 0.3) is 0 Å². The van der Waals surface area contributed by atoms with Gasteiger partial charge in [-0.3, -0.25) is 4.90 Å². The monoisotopic (exact) mass is 357 g/mol. The second-order valence-electron chi connectivity index (χ2n) is 8.17. The molecule has 0 saturated carbocycles. The molecule has 2 unspecified atom stereocenters. The molecule has 4 heteroatoms. The van der Waals surface area contributed by atoms with Crippen LogP contribution in [-0.2, 0) is 11.0 Å². The highest BCUT2D eigenvalue weighted by molar-refractivity contribution is 5.46. The molecule has 142 valence electrons. The Morgan fingerprint density at radius 1 is 1.00 bits per heavy atom. The van der Waals surface area contributed by atoms with Crippen LogP contribution in [0.4, 0.5) is 0 Å². The lowest BCUT2D eigenvalue weighted by Crippen LogP contribution is -2.44. The smallest absolute Gasteiger partial charge is 0.124 e. The highest BCUT2D eigenvalue weighted by Crippen LogP contribution is 2.45. The van der Waals surface area contributed by atoms with Gasteiger partial charge in [-0.2, -0.15) is 0 Å². The standard InChI is InChI=1S/C22H31NO3/c1-21(2,3)15-12-13-19(26-7)16(14-15)20(25)22(4,23(5)6)17-10-8-9-11-18(17)24/h8-14,20,24-25H,1-7H3. The number of aliphatic hydroxyl groups is 1. The first-order chi connectivity index (χ1) is 12.0. The number of rotatable bonds is 5. The first-order valence-electron chi connectivity index (χ1n) is 8.85. The summed E-state index contributed by atoms with van der Waals surface area (Å²) in [6.45, 7) is 8.34. The van der Waals surface area contributed by atoms with E-state index in [1.54, 1.807) is 19.2 Å². The lowest BCUT2D eigenvalue weighted by atomic mass is 9.78. The summed E-state index contributed by atoms with van der Waals surface area (Å²) in [6.07, 6.45) is -0.900. The van der Waals surface area contributed by atoms with E-state index in [0.29, 0.717) is 16.9 Å². The van der Waals surface area contributed by atoms with Crippen molar-refractivity contribution < 1.29 is 14.9 Å². The van der Waals surface area contributed by atoms with Gasteiger partial charge in [-0.25, -0.2) is 0 Å². The minimum Gasteiger partial charge on any atom is -0.508 e. The van der Waals surface area contributed by atoms with E-state index >= 15 is 0 Å². The van der Waals surface area contributed by atoms with Crippen molar-refractivity contribution in [2.75, 3.05) is 21.2 Å². The Kier molecular flexibility index (Phi) is 5.69. The maximum absolute atomic E-state index is 11.5. The largest absolute Gasteiger partial charge is 0.508 e. The number of aromatic hydroxyl groups is 1. The zero-order valence-corrected chi connectivity index (χ0v) is 16.9. The Morgan fingerprint density at radius 2 is 1.62 bits per heavy atom. The lowest BCUT2D eigenvalue weighted by Gasteiger charge is -2.42. The van der Waals surface area contributed by atoms with Crippen molar-refractivity contribution >= 4 is 0 Å². The Bertz CT molecular complexity index is 764. The third kappa shape index (κ3) is 3.57. The van der Waals surface area contributed by atoms with Gasteiger partial charge in [0.2, 0.25) is 0 Å². The van der Waals surface area contributed by atoms with E-state index in [-0.39, 0.29) is 11.2 Å². The van der Waals surface area contributed by atoms with Crippen LogP contribution in [0.15, 0.2) is 42.5 Å². The van der Waals surface area contributed by atoms with E-state index in [4.69, 9.17) is 4.74 Å². The fraction of sp³-hybridized carbons (Fsp3) is 0.455. The van der Waals surface area contributed by atoms with Crippen LogP contribution >= 0.6 is 0 Å². The van der Waals surface area contributed by atoms with Gasteiger partial charge >= 0.3 is 0 Å². The minimum absolute atomic E-state index is 0.0514. The van der Waals surface area contributed by atoms with Gasteiger partial charge in [0.15, 0.2) is 0 Å². The molecule has 0 amide bonds. The molecule has 0 fully saturated rings. The number of phenols is 1. The molecule has 4 nitrogen and oxygen atoms in total. The third-order valence-corrected chi connectivity index (χ3v) is 5.30. The molecule has 0 bridgehead atoms. The number of aliphatic hydroxyl groups excluding tert-OH is 1. The van der Waals surface area contributed by atoms with Crippen molar-refractivity contribution in [3.8, 4) is 11.5 Å². The van der Waals surface area contributed by atoms with E-state index in [9.17, 15) is 10.2 Å². The first-order valence-corrected chi connectivity index (χ1v) is 8.85. The van der Waals surface area contributed by atoms with E-state index in [1.165, 1.54) is 0 Å². The number of nitrogens with zero attached hydrogens (tertiary/aromatic N) is 1. The summed E-state index contributed by atoms with van der Waals surface area (Å²) in [5.41, 5.74) is 1.60. The molecule has 0 heterocycles. The summed E-state index contributed by atoms with van der Waals surface area (Å²) < 4.78 is 5.53. The molecule has 2 atom stereocenters. The van der Waals surface area contributed by atoms with Gasteiger partial charge in [-0.05, 0) is 50.2 Å². The maximum atomic E-state index is 11.5. The first kappa shape index (κ1) is 20.3. The number of para-hydroxylation sites is 1. The van der Waals surface area contributed by atoms with E-state index < -0.39 is 11.6 Å². The molecule has 0 aromatic heterocycles. The van der Waals surface area contributed by atoms with E-state index in [2.05, 4.69) is 20.8 Å². The fourth-order valence-corrected chi connectivity index (χ4v) is 3.25. The molecule has 2 aromatic rings. The van der Waals surface area contributed by atoms with Crippen LogP contribution in [-0.4, -0.2) is 36.3 Å². The van der Waals surface area contributed by atoms with Crippen molar-refractivity contribution in [1.82, 2.24) is 4.90 Å². The Hall–Kier alpha value is -2.04. The maximum Gasteiger partial charge on any atom is 0.124 e. The molecule has 2 N–H and O–H groups in total. The summed E-state index contributed by atoms with van der Waals surface area (Å²) in [4.78, 5) is 1.93. The number of hydrogen-bond donors (Lipinski definition) is 2. The average Bonchev–Trinajstić information content (AvgIpc) is 2.59. The molecule has 0 saturated heterocycles. The van der Waals surface area contributed by atoms with Crippen molar-refractivity contribution in [2.24, 2.45) is 0 Å². The summed E-state index contributed by atoms with van der Waals surface area (Å²) in [7, 11) is 5.40. The lowest BCUT2D eigenvalue weighted by molar-refractivity contribution is -0.00282. The molecular formula is C22H31NO3. The summed E-state index contributed by atoms with van der Waals surface area (Å²) in [5, 5.41) is 21.9. The topological polar surface area (TPSA) is 52.9 Å². The van der Waals surface area contributed by atoms with Gasteiger partial charge < -0.3 is 14.9 Å². The Morgan fingerprint density at radius 3 is 2.12 bits per heavy atom. The third-order valence-electron chi connectivity index (χ3n) is 5.30. The predicted molar refractivity (Wildman–Crippen MR) is 106 cm³/mol. The number of hydrogen-bond acceptors (Lipinski definition) is 4. The van der Waals surface area contributed by atoms with Crippen LogP contribution in [0.2, 0.25) is 0 Å². The second kappa shape index (κ2) is 7.29. The molecule has 0 radical (unpaired) electrons. The second-order valence-corrected chi connectivity index (χ2v) is 8.17. The van der Waals surface area contributed by atoms with Crippen molar-refractivity contribution in [1.29, 1.82) is 0 Å². The van der Waals surface area contributed by atoms with Crippen LogP contribution in [0.5, 0.6) is 11.5 Å². The zero-order chi connectivity index (χ0) is 19.7. The van der Waals surface area contributed by atoms with Gasteiger partial charge in [-0.1, -0.05) is 45.0 Å². The number of benzene rings is 2. The molecule has 0 aliphatic carbocycles. The quantitative estimate of drug-likeness (QED) is 0.842. The zero-order valence-electron chi connectivity index (χ0n) is 16.9. The number of methoxy groups -OCH3 is 1. The molecule has 0 aliphatic heterocycles. The van der Waals surface area contributed by atoms with Crippen LogP contribution in [0.3, 0.4) is 0 Å². The predicted octanol–water partition coefficient (Wildman–Crippen LogP) is 4.21. The van der Waals surface area contributed by atoms with E-state index in [1.807, 2.05) is 56.3 Å². The molecule has 0 spiro atoms. The number of phenolic OH excluding ortho intramolecular Hbond substituents is 1. The highest BCUT2D eigenvalue weighted by atomic mass is 16.5. The fourth-order valence-electron chi connectivity index (χ4n) is 3.25. The Balaban J connectivity index is 2.67. The normalized spacial score (nSPS) is 15.6. The summed E-state index contributed by atoms with van der Waals surface area (Å²) >= 11 is 0. The SMILES string of the molecule is COc1ccc(C(C)(C)C)cc1C(O)C(C)(c1ccccc1O)N(C)C. The summed E-state index contributed by atoms with van der Waals surface area (Å²) in [6, 6.07) is 13.1. The summed E-state index contributed by atoms with van der Waals surface area (Å²) in [5.74, 6) is 0.794. The minimum atomic E-state index is -0.900. The average molecular weight is 357 g/mol.